The maximum absolute atomic E-state index is 9.45. The van der Waals surface area contributed by atoms with Gasteiger partial charge in [0.15, 0.2) is 0 Å². The summed E-state index contributed by atoms with van der Waals surface area (Å²) in [5.41, 5.74) is 2.68. The molecule has 20 heavy (non-hydrogen) atoms. The second kappa shape index (κ2) is 5.35. The van der Waals surface area contributed by atoms with Crippen LogP contribution in [0.5, 0.6) is 5.75 Å². The topological polar surface area (TPSA) is 46.8 Å². The van der Waals surface area contributed by atoms with Crippen LogP contribution in [-0.4, -0.2) is 14.5 Å². The van der Waals surface area contributed by atoms with Crippen molar-refractivity contribution in [1.82, 2.24) is 9.38 Å². The lowest BCUT2D eigenvalue weighted by atomic mass is 10.1. The molecule has 4 nitrogen and oxygen atoms in total. The number of ether oxygens (including phenoxy) is 1. The van der Waals surface area contributed by atoms with E-state index in [0.717, 1.165) is 22.7 Å². The van der Waals surface area contributed by atoms with Crippen LogP contribution in [0.15, 0.2) is 54.9 Å². The van der Waals surface area contributed by atoms with Crippen molar-refractivity contribution in [3.8, 4) is 5.75 Å². The molecule has 0 spiro atoms. The van der Waals surface area contributed by atoms with Crippen LogP contribution < -0.4 is 4.74 Å². The lowest BCUT2D eigenvalue weighted by Gasteiger charge is -2.07. The molecule has 0 amide bonds. The molecule has 0 saturated carbocycles. The Bertz CT molecular complexity index is 669. The highest BCUT2D eigenvalue weighted by Gasteiger charge is 2.03. The van der Waals surface area contributed by atoms with Crippen molar-refractivity contribution in [1.29, 1.82) is 0 Å². The van der Waals surface area contributed by atoms with Crippen LogP contribution in [0.3, 0.4) is 0 Å². The summed E-state index contributed by atoms with van der Waals surface area (Å²) in [6.07, 6.45) is 3.46. The molecule has 3 rings (SSSR count). The average Bonchev–Trinajstić information content (AvgIpc) is 2.88. The molecule has 0 unspecified atom stereocenters. The number of hydrogen-bond donors (Lipinski definition) is 1. The highest BCUT2D eigenvalue weighted by molar-refractivity contribution is 5.39. The Kier molecular flexibility index (Phi) is 3.39. The fourth-order valence-corrected chi connectivity index (χ4v) is 2.06. The fraction of sp³-hybridized carbons (Fsp3) is 0.188. The van der Waals surface area contributed by atoms with Crippen LogP contribution in [0, 0.1) is 0 Å². The van der Waals surface area contributed by atoms with E-state index in [2.05, 4.69) is 4.98 Å². The molecular weight excluding hydrogens is 252 g/mol. The molecule has 102 valence electrons. The molecule has 4 heteroatoms. The van der Waals surface area contributed by atoms with Gasteiger partial charge in [-0.1, -0.05) is 18.2 Å². The van der Waals surface area contributed by atoms with E-state index in [-0.39, 0.29) is 0 Å². The number of aliphatic hydroxyl groups is 1. The van der Waals surface area contributed by atoms with Crippen molar-refractivity contribution in [2.45, 2.75) is 19.6 Å². The van der Waals surface area contributed by atoms with Crippen molar-refractivity contribution >= 4 is 5.65 Å². The van der Waals surface area contributed by atoms with Crippen molar-refractivity contribution in [3.05, 3.63) is 66.1 Å². The largest absolute Gasteiger partial charge is 0.487 e. The second-order valence-electron chi connectivity index (χ2n) is 4.73. The van der Waals surface area contributed by atoms with Crippen LogP contribution in [0.1, 0.15) is 24.3 Å². The molecule has 2 heterocycles. The number of pyridine rings is 1. The molecule has 0 bridgehead atoms. The molecule has 0 saturated heterocycles. The normalized spacial score (nSPS) is 12.5. The smallest absolute Gasteiger partial charge is 0.137 e. The number of nitrogens with zero attached hydrogens (tertiary/aromatic N) is 2. The number of benzene rings is 1. The molecule has 0 radical (unpaired) electrons. The fourth-order valence-electron chi connectivity index (χ4n) is 2.06. The van der Waals surface area contributed by atoms with Crippen molar-refractivity contribution in [3.63, 3.8) is 0 Å². The summed E-state index contributed by atoms with van der Waals surface area (Å²) >= 11 is 0. The minimum Gasteiger partial charge on any atom is -0.487 e. The molecule has 0 aliphatic heterocycles. The summed E-state index contributed by atoms with van der Waals surface area (Å²) in [6.45, 7) is 2.17. The average molecular weight is 268 g/mol. The van der Waals surface area contributed by atoms with E-state index < -0.39 is 6.10 Å². The van der Waals surface area contributed by atoms with Gasteiger partial charge in [-0.05, 0) is 36.8 Å². The highest BCUT2D eigenvalue weighted by atomic mass is 16.5. The summed E-state index contributed by atoms with van der Waals surface area (Å²) in [6, 6.07) is 13.3. The first kappa shape index (κ1) is 12.7. The number of aromatic nitrogens is 2. The zero-order valence-electron chi connectivity index (χ0n) is 11.2. The van der Waals surface area contributed by atoms with Crippen LogP contribution in [-0.2, 0) is 6.61 Å². The molecule has 2 aromatic heterocycles. The first-order valence-corrected chi connectivity index (χ1v) is 6.56. The van der Waals surface area contributed by atoms with E-state index >= 15 is 0 Å². The second-order valence-corrected chi connectivity index (χ2v) is 4.73. The van der Waals surface area contributed by atoms with E-state index in [9.17, 15) is 5.11 Å². The standard InChI is InChI=1S/C16H16N2O2/c1-12(19)13-5-7-15(8-6-13)20-11-14-10-18-9-3-2-4-16(18)17-14/h2-10,12,19H,11H2,1H3/t12-/m0/s1. The predicted octanol–water partition coefficient (Wildman–Crippen LogP) is 2.97. The van der Waals surface area contributed by atoms with Gasteiger partial charge in [0.25, 0.3) is 0 Å². The Morgan fingerprint density at radius 1 is 1.20 bits per heavy atom. The SMILES string of the molecule is C[C@H](O)c1ccc(OCc2cn3ccccc3n2)cc1. The van der Waals surface area contributed by atoms with Gasteiger partial charge in [0.2, 0.25) is 0 Å². The molecule has 3 aromatic rings. The highest BCUT2D eigenvalue weighted by Crippen LogP contribution is 2.18. The van der Waals surface area contributed by atoms with Gasteiger partial charge in [-0.2, -0.15) is 0 Å². The number of aliphatic hydroxyl groups excluding tert-OH is 1. The first-order chi connectivity index (χ1) is 9.72. The van der Waals surface area contributed by atoms with E-state index in [1.165, 1.54) is 0 Å². The van der Waals surface area contributed by atoms with Gasteiger partial charge in [-0.3, -0.25) is 0 Å². The third kappa shape index (κ3) is 2.65. The van der Waals surface area contributed by atoms with Gasteiger partial charge in [0.05, 0.1) is 11.8 Å². The zero-order valence-corrected chi connectivity index (χ0v) is 11.2. The third-order valence-electron chi connectivity index (χ3n) is 3.16. The number of hydrogen-bond acceptors (Lipinski definition) is 3. The Labute approximate surface area is 117 Å². The predicted molar refractivity (Wildman–Crippen MR) is 76.6 cm³/mol. The number of imidazole rings is 1. The van der Waals surface area contributed by atoms with E-state index in [1.54, 1.807) is 6.92 Å². The van der Waals surface area contributed by atoms with E-state index in [0.29, 0.717) is 6.61 Å². The third-order valence-corrected chi connectivity index (χ3v) is 3.16. The molecule has 1 atom stereocenters. The van der Waals surface area contributed by atoms with Gasteiger partial charge in [-0.15, -0.1) is 0 Å². The summed E-state index contributed by atoms with van der Waals surface area (Å²) in [4.78, 5) is 4.47. The van der Waals surface area contributed by atoms with Crippen LogP contribution >= 0.6 is 0 Å². The lowest BCUT2D eigenvalue weighted by molar-refractivity contribution is 0.199. The lowest BCUT2D eigenvalue weighted by Crippen LogP contribution is -1.96. The minimum atomic E-state index is -0.456. The summed E-state index contributed by atoms with van der Waals surface area (Å²) in [7, 11) is 0. The van der Waals surface area contributed by atoms with Gasteiger partial charge >= 0.3 is 0 Å². The monoisotopic (exact) mass is 268 g/mol. The maximum atomic E-state index is 9.45. The van der Waals surface area contributed by atoms with Gasteiger partial charge in [0, 0.05) is 12.4 Å². The van der Waals surface area contributed by atoms with Crippen molar-refractivity contribution < 1.29 is 9.84 Å². The number of fused-ring (bicyclic) bond motifs is 1. The summed E-state index contributed by atoms with van der Waals surface area (Å²) < 4.78 is 7.67. The molecule has 1 aromatic carbocycles. The van der Waals surface area contributed by atoms with Crippen LogP contribution in [0.2, 0.25) is 0 Å². The molecule has 1 N–H and O–H groups in total. The molecule has 0 aliphatic carbocycles. The Morgan fingerprint density at radius 3 is 2.70 bits per heavy atom. The first-order valence-electron chi connectivity index (χ1n) is 6.56. The maximum Gasteiger partial charge on any atom is 0.137 e. The van der Waals surface area contributed by atoms with Crippen LogP contribution in [0.4, 0.5) is 0 Å². The molecular formula is C16H16N2O2. The Balaban J connectivity index is 1.69. The molecule has 0 aliphatic rings. The van der Waals surface area contributed by atoms with Gasteiger partial charge in [-0.25, -0.2) is 4.98 Å². The summed E-state index contributed by atoms with van der Waals surface area (Å²) in [5.74, 6) is 0.770. The molecule has 0 fully saturated rings. The number of rotatable bonds is 4. The summed E-state index contributed by atoms with van der Waals surface area (Å²) in [5, 5.41) is 9.45. The quantitative estimate of drug-likeness (QED) is 0.791. The van der Waals surface area contributed by atoms with E-state index in [1.807, 2.05) is 59.3 Å². The van der Waals surface area contributed by atoms with E-state index in [4.69, 9.17) is 4.74 Å². The van der Waals surface area contributed by atoms with Gasteiger partial charge in [0.1, 0.15) is 18.0 Å². The van der Waals surface area contributed by atoms with Crippen LogP contribution in [0.25, 0.3) is 5.65 Å². The minimum absolute atomic E-state index is 0.426. The van der Waals surface area contributed by atoms with Gasteiger partial charge < -0.3 is 14.2 Å². The van der Waals surface area contributed by atoms with Crippen molar-refractivity contribution in [2.75, 3.05) is 0 Å². The van der Waals surface area contributed by atoms with Crippen molar-refractivity contribution in [2.24, 2.45) is 0 Å². The Hall–Kier alpha value is -2.33. The zero-order chi connectivity index (χ0) is 13.9. The Morgan fingerprint density at radius 2 is 2.00 bits per heavy atom.